The molecule has 1 saturated carbocycles. The van der Waals surface area contributed by atoms with E-state index < -0.39 is 0 Å². The van der Waals surface area contributed by atoms with Crippen LogP contribution in [0.15, 0.2) is 16.6 Å². The summed E-state index contributed by atoms with van der Waals surface area (Å²) < 4.78 is 12.1. The summed E-state index contributed by atoms with van der Waals surface area (Å²) in [7, 11) is 1.64. The average molecular weight is 327 g/mol. The fourth-order valence-electron chi connectivity index (χ4n) is 1.93. The molecule has 1 atom stereocenters. The number of benzene rings is 1. The zero-order valence-corrected chi connectivity index (χ0v) is 12.9. The first kappa shape index (κ1) is 14.4. The van der Waals surface area contributed by atoms with Crippen molar-refractivity contribution in [3.05, 3.63) is 22.2 Å². The molecule has 0 radical (unpaired) electrons. The molecule has 4 heteroatoms. The molecule has 1 fully saturated rings. The zero-order valence-electron chi connectivity index (χ0n) is 11.3. The molecular formula is C15H19BrO3. The molecule has 1 aliphatic carbocycles. The zero-order chi connectivity index (χ0) is 13.8. The van der Waals surface area contributed by atoms with Gasteiger partial charge in [0.15, 0.2) is 11.5 Å². The van der Waals surface area contributed by atoms with Crippen molar-refractivity contribution in [3.8, 4) is 11.5 Å². The van der Waals surface area contributed by atoms with E-state index in [1.54, 1.807) is 7.11 Å². The van der Waals surface area contributed by atoms with Crippen molar-refractivity contribution in [2.24, 2.45) is 5.92 Å². The van der Waals surface area contributed by atoms with Crippen LogP contribution < -0.4 is 9.47 Å². The number of hydrogen-bond donors (Lipinski definition) is 0. The van der Waals surface area contributed by atoms with Crippen molar-refractivity contribution in [3.63, 3.8) is 0 Å². The molecule has 0 amide bonds. The minimum atomic E-state index is 0.181. The highest BCUT2D eigenvalue weighted by molar-refractivity contribution is 9.10. The van der Waals surface area contributed by atoms with Gasteiger partial charge in [0.25, 0.3) is 0 Å². The highest BCUT2D eigenvalue weighted by atomic mass is 79.9. The third-order valence-corrected chi connectivity index (χ3v) is 4.02. The van der Waals surface area contributed by atoms with Crippen molar-refractivity contribution in [1.29, 1.82) is 0 Å². The SMILES string of the molecule is COc1cc(C(C)CC=O)cc(Br)c1OCC1CC1. The van der Waals surface area contributed by atoms with E-state index in [1.165, 1.54) is 12.8 Å². The molecule has 0 aromatic heterocycles. The first-order valence-electron chi connectivity index (χ1n) is 6.59. The Labute approximate surface area is 122 Å². The number of rotatable bonds is 7. The summed E-state index contributed by atoms with van der Waals surface area (Å²) in [6, 6.07) is 3.97. The van der Waals surface area contributed by atoms with Gasteiger partial charge in [-0.3, -0.25) is 0 Å². The smallest absolute Gasteiger partial charge is 0.175 e. The molecule has 1 unspecified atom stereocenters. The summed E-state index contributed by atoms with van der Waals surface area (Å²) >= 11 is 3.54. The van der Waals surface area contributed by atoms with Crippen molar-refractivity contribution in [1.82, 2.24) is 0 Å². The van der Waals surface area contributed by atoms with E-state index in [4.69, 9.17) is 9.47 Å². The van der Waals surface area contributed by atoms with Crippen molar-refractivity contribution >= 4 is 22.2 Å². The first-order valence-corrected chi connectivity index (χ1v) is 7.38. The Bertz CT molecular complexity index is 455. The minimum Gasteiger partial charge on any atom is -0.493 e. The second kappa shape index (κ2) is 6.42. The summed E-state index contributed by atoms with van der Waals surface area (Å²) in [6.07, 6.45) is 3.98. The first-order chi connectivity index (χ1) is 9.15. The van der Waals surface area contributed by atoms with Gasteiger partial charge in [-0.25, -0.2) is 0 Å². The lowest BCUT2D eigenvalue weighted by Gasteiger charge is -2.16. The van der Waals surface area contributed by atoms with Crippen LogP contribution in [0.3, 0.4) is 0 Å². The molecule has 1 aromatic rings. The number of carbonyl (C=O) groups excluding carboxylic acids is 1. The lowest BCUT2D eigenvalue weighted by molar-refractivity contribution is -0.108. The maximum absolute atomic E-state index is 10.6. The highest BCUT2D eigenvalue weighted by Crippen LogP contribution is 2.40. The highest BCUT2D eigenvalue weighted by Gasteiger charge is 2.23. The molecule has 0 N–H and O–H groups in total. The number of aldehydes is 1. The molecule has 1 aromatic carbocycles. The fourth-order valence-corrected chi connectivity index (χ4v) is 2.50. The summed E-state index contributed by atoms with van der Waals surface area (Å²) in [5.74, 6) is 2.37. The fraction of sp³-hybridized carbons (Fsp3) is 0.533. The average Bonchev–Trinajstić information content (AvgIpc) is 3.20. The van der Waals surface area contributed by atoms with Crippen molar-refractivity contribution in [2.75, 3.05) is 13.7 Å². The number of hydrogen-bond acceptors (Lipinski definition) is 3. The Morgan fingerprint density at radius 3 is 2.79 bits per heavy atom. The van der Waals surface area contributed by atoms with Gasteiger partial charge in [-0.1, -0.05) is 6.92 Å². The Hall–Kier alpha value is -1.03. The van der Waals surface area contributed by atoms with Crippen LogP contribution in [0.25, 0.3) is 0 Å². The summed E-state index contributed by atoms with van der Waals surface area (Å²) in [6.45, 7) is 2.78. The normalized spacial score (nSPS) is 15.9. The molecule has 0 aliphatic heterocycles. The Morgan fingerprint density at radius 1 is 1.47 bits per heavy atom. The Kier molecular flexibility index (Phi) is 4.86. The van der Waals surface area contributed by atoms with Crippen LogP contribution in [-0.2, 0) is 4.79 Å². The van der Waals surface area contributed by atoms with E-state index in [9.17, 15) is 4.79 Å². The van der Waals surface area contributed by atoms with Gasteiger partial charge in [0.1, 0.15) is 6.29 Å². The summed E-state index contributed by atoms with van der Waals surface area (Å²) in [4.78, 5) is 10.6. The van der Waals surface area contributed by atoms with E-state index in [-0.39, 0.29) is 5.92 Å². The number of halogens is 1. The standard InChI is InChI=1S/C15H19BrO3/c1-10(5-6-17)12-7-13(16)15(14(8-12)18-2)19-9-11-3-4-11/h6-8,10-11H,3-5,9H2,1-2H3. The lowest BCUT2D eigenvalue weighted by Crippen LogP contribution is -2.03. The molecule has 1 aliphatic rings. The lowest BCUT2D eigenvalue weighted by atomic mass is 9.98. The largest absolute Gasteiger partial charge is 0.493 e. The van der Waals surface area contributed by atoms with Gasteiger partial charge in [-0.05, 0) is 58.3 Å². The van der Waals surface area contributed by atoms with Crippen LogP contribution in [0.5, 0.6) is 11.5 Å². The third-order valence-electron chi connectivity index (χ3n) is 3.43. The topological polar surface area (TPSA) is 35.5 Å². The predicted octanol–water partition coefficient (Wildman–Crippen LogP) is 3.94. The second-order valence-electron chi connectivity index (χ2n) is 5.09. The predicted molar refractivity (Wildman–Crippen MR) is 78.0 cm³/mol. The molecule has 0 saturated heterocycles. The van der Waals surface area contributed by atoms with E-state index in [0.29, 0.717) is 12.3 Å². The van der Waals surface area contributed by atoms with Gasteiger partial charge >= 0.3 is 0 Å². The quantitative estimate of drug-likeness (QED) is 0.712. The molecule has 0 spiro atoms. The van der Waals surface area contributed by atoms with Crippen molar-refractivity contribution < 1.29 is 14.3 Å². The van der Waals surface area contributed by atoms with Gasteiger partial charge in [0.05, 0.1) is 18.2 Å². The van der Waals surface area contributed by atoms with Crippen LogP contribution >= 0.6 is 15.9 Å². The van der Waals surface area contributed by atoms with E-state index in [0.717, 1.165) is 34.4 Å². The van der Waals surface area contributed by atoms with Crippen LogP contribution in [-0.4, -0.2) is 20.0 Å². The van der Waals surface area contributed by atoms with Crippen LogP contribution in [0.1, 0.15) is 37.7 Å². The van der Waals surface area contributed by atoms with Gasteiger partial charge in [0.2, 0.25) is 0 Å². The van der Waals surface area contributed by atoms with Gasteiger partial charge in [0, 0.05) is 6.42 Å². The van der Waals surface area contributed by atoms with E-state index >= 15 is 0 Å². The maximum atomic E-state index is 10.6. The second-order valence-corrected chi connectivity index (χ2v) is 5.95. The van der Waals surface area contributed by atoms with E-state index in [2.05, 4.69) is 15.9 Å². The van der Waals surface area contributed by atoms with Crippen molar-refractivity contribution in [2.45, 2.75) is 32.1 Å². The van der Waals surface area contributed by atoms with E-state index in [1.807, 2.05) is 19.1 Å². The van der Waals surface area contributed by atoms with Crippen LogP contribution in [0.2, 0.25) is 0 Å². The number of carbonyl (C=O) groups is 1. The summed E-state index contributed by atoms with van der Waals surface area (Å²) in [5.41, 5.74) is 1.08. The third kappa shape index (κ3) is 3.72. The molecular weight excluding hydrogens is 308 g/mol. The molecule has 104 valence electrons. The Morgan fingerprint density at radius 2 is 2.21 bits per heavy atom. The van der Waals surface area contributed by atoms with Crippen LogP contribution in [0.4, 0.5) is 0 Å². The van der Waals surface area contributed by atoms with Gasteiger partial charge in [-0.15, -0.1) is 0 Å². The number of methoxy groups -OCH3 is 1. The van der Waals surface area contributed by atoms with Gasteiger partial charge in [-0.2, -0.15) is 0 Å². The maximum Gasteiger partial charge on any atom is 0.175 e. The molecule has 0 bridgehead atoms. The molecule has 2 rings (SSSR count). The summed E-state index contributed by atoms with van der Waals surface area (Å²) in [5, 5.41) is 0. The Balaban J connectivity index is 2.20. The van der Waals surface area contributed by atoms with Crippen LogP contribution in [0, 0.1) is 5.92 Å². The molecule has 0 heterocycles. The molecule has 19 heavy (non-hydrogen) atoms. The minimum absolute atomic E-state index is 0.181. The number of ether oxygens (including phenoxy) is 2. The van der Waals surface area contributed by atoms with Gasteiger partial charge < -0.3 is 14.3 Å². The monoisotopic (exact) mass is 326 g/mol. The molecule has 3 nitrogen and oxygen atoms in total.